The monoisotopic (exact) mass is 481 g/mol. The van der Waals surface area contributed by atoms with Crippen LogP contribution in [-0.4, -0.2) is 45.4 Å². The van der Waals surface area contributed by atoms with Gasteiger partial charge in [0.2, 0.25) is 4.80 Å². The molecule has 0 saturated heterocycles. The Bertz CT molecular complexity index is 1210. The van der Waals surface area contributed by atoms with E-state index in [0.29, 0.717) is 17.5 Å². The van der Waals surface area contributed by atoms with Gasteiger partial charge in [-0.2, -0.15) is 5.10 Å². The molecule has 1 saturated carbocycles. The Labute approximate surface area is 204 Å². The van der Waals surface area contributed by atoms with Gasteiger partial charge in [0.05, 0.1) is 46.4 Å². The van der Waals surface area contributed by atoms with Crippen molar-refractivity contribution in [3.8, 4) is 34.3 Å². The van der Waals surface area contributed by atoms with Crippen molar-refractivity contribution in [3.63, 3.8) is 0 Å². The van der Waals surface area contributed by atoms with E-state index in [1.807, 2.05) is 41.1 Å². The second-order valence-electron chi connectivity index (χ2n) is 8.05. The summed E-state index contributed by atoms with van der Waals surface area (Å²) >= 11 is 1.59. The third-order valence-electron chi connectivity index (χ3n) is 5.99. The van der Waals surface area contributed by atoms with Crippen molar-refractivity contribution in [1.82, 2.24) is 4.68 Å². The first-order valence-electron chi connectivity index (χ1n) is 11.4. The molecule has 3 aromatic rings. The Morgan fingerprint density at radius 1 is 0.853 bits per heavy atom. The van der Waals surface area contributed by atoms with E-state index >= 15 is 0 Å². The van der Waals surface area contributed by atoms with Crippen molar-refractivity contribution in [2.45, 2.75) is 38.1 Å². The lowest BCUT2D eigenvalue weighted by molar-refractivity contribution is 0.394. The number of ether oxygens (including phenoxy) is 4. The summed E-state index contributed by atoms with van der Waals surface area (Å²) in [6.07, 6.45) is 7.78. The third-order valence-corrected chi connectivity index (χ3v) is 6.82. The molecule has 0 unspecified atom stereocenters. The molecule has 0 aliphatic heterocycles. The summed E-state index contributed by atoms with van der Waals surface area (Å²) in [5.41, 5.74) is 2.67. The molecule has 0 atom stereocenters. The van der Waals surface area contributed by atoms with Gasteiger partial charge in [0.25, 0.3) is 0 Å². The number of hydrogen-bond donors (Lipinski definition) is 0. The van der Waals surface area contributed by atoms with Crippen LogP contribution in [0.5, 0.6) is 23.0 Å². The smallest absolute Gasteiger partial charge is 0.206 e. The Morgan fingerprint density at radius 3 is 2.21 bits per heavy atom. The van der Waals surface area contributed by atoms with Crippen LogP contribution >= 0.6 is 11.3 Å². The molecule has 1 heterocycles. The highest BCUT2D eigenvalue weighted by Crippen LogP contribution is 2.34. The summed E-state index contributed by atoms with van der Waals surface area (Å²) in [5.74, 6) is 2.87. The fraction of sp³-hybridized carbons (Fsp3) is 0.385. The molecule has 0 amide bonds. The second-order valence-corrected chi connectivity index (χ2v) is 8.89. The van der Waals surface area contributed by atoms with E-state index in [4.69, 9.17) is 29.0 Å². The minimum Gasteiger partial charge on any atom is -0.497 e. The fourth-order valence-corrected chi connectivity index (χ4v) is 5.01. The number of benzene rings is 2. The topological polar surface area (TPSA) is 66.6 Å². The van der Waals surface area contributed by atoms with Crippen LogP contribution in [0.25, 0.3) is 11.3 Å². The summed E-state index contributed by atoms with van der Waals surface area (Å²) in [6, 6.07) is 11.8. The first-order valence-corrected chi connectivity index (χ1v) is 12.3. The van der Waals surface area contributed by atoms with Gasteiger partial charge < -0.3 is 18.9 Å². The van der Waals surface area contributed by atoms with Crippen molar-refractivity contribution in [2.24, 2.45) is 10.1 Å². The van der Waals surface area contributed by atoms with Crippen LogP contribution in [0.15, 0.2) is 51.9 Å². The van der Waals surface area contributed by atoms with Gasteiger partial charge in [0.15, 0.2) is 0 Å². The van der Waals surface area contributed by atoms with Gasteiger partial charge in [-0.15, -0.1) is 11.3 Å². The van der Waals surface area contributed by atoms with E-state index in [9.17, 15) is 0 Å². The van der Waals surface area contributed by atoms with Gasteiger partial charge in [0, 0.05) is 28.6 Å². The Kier molecular flexibility index (Phi) is 7.90. The largest absolute Gasteiger partial charge is 0.497 e. The van der Waals surface area contributed by atoms with Gasteiger partial charge in [-0.3, -0.25) is 4.99 Å². The van der Waals surface area contributed by atoms with Crippen LogP contribution in [0.3, 0.4) is 0 Å². The molecular formula is C26H31N3O4S. The maximum atomic E-state index is 5.68. The van der Waals surface area contributed by atoms with Crippen LogP contribution in [0.4, 0.5) is 0 Å². The Hall–Kier alpha value is -3.26. The quantitative estimate of drug-likeness (QED) is 0.406. The van der Waals surface area contributed by atoms with E-state index in [1.54, 1.807) is 46.0 Å². The molecule has 1 aliphatic rings. The zero-order valence-electron chi connectivity index (χ0n) is 20.1. The number of thiazole rings is 1. The van der Waals surface area contributed by atoms with Gasteiger partial charge in [-0.1, -0.05) is 19.3 Å². The fourth-order valence-electron chi connectivity index (χ4n) is 4.11. The minimum absolute atomic E-state index is 0.329. The molecule has 7 nitrogen and oxygen atoms in total. The summed E-state index contributed by atoms with van der Waals surface area (Å²) < 4.78 is 23.8. The Balaban J connectivity index is 1.82. The predicted octanol–water partition coefficient (Wildman–Crippen LogP) is 5.37. The van der Waals surface area contributed by atoms with Crippen LogP contribution < -0.4 is 23.7 Å². The lowest BCUT2D eigenvalue weighted by Crippen LogP contribution is -2.19. The normalized spacial score (nSPS) is 15.0. The highest BCUT2D eigenvalue weighted by Gasteiger charge is 2.16. The van der Waals surface area contributed by atoms with Gasteiger partial charge in [-0.25, -0.2) is 4.68 Å². The molecule has 34 heavy (non-hydrogen) atoms. The summed E-state index contributed by atoms with van der Waals surface area (Å²) in [6.45, 7) is 0. The summed E-state index contributed by atoms with van der Waals surface area (Å²) in [7, 11) is 6.58. The summed E-state index contributed by atoms with van der Waals surface area (Å²) in [5, 5.41) is 6.94. The zero-order chi connectivity index (χ0) is 23.9. The molecule has 0 N–H and O–H groups in total. The number of hydrogen-bond acceptors (Lipinski definition) is 7. The maximum Gasteiger partial charge on any atom is 0.206 e. The first kappa shape index (κ1) is 23.9. The van der Waals surface area contributed by atoms with Crippen molar-refractivity contribution in [3.05, 3.63) is 52.1 Å². The molecule has 0 spiro atoms. The lowest BCUT2D eigenvalue weighted by Gasteiger charge is -2.17. The molecule has 1 aromatic heterocycles. The highest BCUT2D eigenvalue weighted by molar-refractivity contribution is 7.07. The molecule has 8 heteroatoms. The zero-order valence-corrected chi connectivity index (χ0v) is 20.9. The van der Waals surface area contributed by atoms with Crippen LogP contribution in [0.2, 0.25) is 0 Å². The predicted molar refractivity (Wildman–Crippen MR) is 136 cm³/mol. The highest BCUT2D eigenvalue weighted by atomic mass is 32.1. The van der Waals surface area contributed by atoms with Crippen molar-refractivity contribution >= 4 is 17.6 Å². The van der Waals surface area contributed by atoms with Crippen LogP contribution in [0.1, 0.15) is 37.7 Å². The van der Waals surface area contributed by atoms with Gasteiger partial charge >= 0.3 is 0 Å². The number of aromatic nitrogens is 1. The maximum absolute atomic E-state index is 5.68. The van der Waals surface area contributed by atoms with E-state index in [-0.39, 0.29) is 0 Å². The van der Waals surface area contributed by atoms with E-state index in [1.165, 1.54) is 19.3 Å². The van der Waals surface area contributed by atoms with Crippen molar-refractivity contribution < 1.29 is 18.9 Å². The summed E-state index contributed by atoms with van der Waals surface area (Å²) in [4.78, 5) is 5.95. The number of nitrogens with zero attached hydrogens (tertiary/aromatic N) is 3. The van der Waals surface area contributed by atoms with E-state index in [2.05, 4.69) is 5.38 Å². The van der Waals surface area contributed by atoms with Crippen molar-refractivity contribution in [2.75, 3.05) is 28.4 Å². The average molecular weight is 482 g/mol. The minimum atomic E-state index is 0.329. The Morgan fingerprint density at radius 2 is 1.53 bits per heavy atom. The van der Waals surface area contributed by atoms with Crippen LogP contribution in [0, 0.1) is 0 Å². The first-order chi connectivity index (χ1) is 16.7. The second kappa shape index (κ2) is 11.2. The molecule has 1 fully saturated rings. The molecular weight excluding hydrogens is 450 g/mol. The SMILES string of the molecule is COc1ccc(C=Nn2c(-c3ccc(OC)cc3OC)csc2=NC2CCCCC2)c(OC)c1. The standard InChI is InChI=1S/C26H31N3O4S/c1-30-20-11-10-18(24(14-20)32-3)16-27-29-23(22-13-12-21(31-2)15-25(22)33-4)17-34-26(29)28-19-8-6-5-7-9-19/h10-17,19H,5-9H2,1-4H3. The molecule has 180 valence electrons. The lowest BCUT2D eigenvalue weighted by atomic mass is 9.96. The van der Waals surface area contributed by atoms with E-state index in [0.717, 1.165) is 46.0 Å². The van der Waals surface area contributed by atoms with E-state index < -0.39 is 0 Å². The molecule has 1 aliphatic carbocycles. The number of methoxy groups -OCH3 is 4. The number of rotatable bonds is 8. The molecule has 4 rings (SSSR count). The van der Waals surface area contributed by atoms with Crippen LogP contribution in [-0.2, 0) is 0 Å². The van der Waals surface area contributed by atoms with Crippen molar-refractivity contribution in [1.29, 1.82) is 0 Å². The third kappa shape index (κ3) is 5.28. The van der Waals surface area contributed by atoms with Gasteiger partial charge in [0.1, 0.15) is 23.0 Å². The molecule has 0 radical (unpaired) electrons. The van der Waals surface area contributed by atoms with Gasteiger partial charge in [-0.05, 0) is 37.1 Å². The molecule has 2 aromatic carbocycles. The molecule has 0 bridgehead atoms. The average Bonchev–Trinajstić information content (AvgIpc) is 3.29.